The zero-order valence-corrected chi connectivity index (χ0v) is 14.2. The molecule has 2 rings (SSSR count). The Bertz CT molecular complexity index is 608. The largest absolute Gasteiger partial charge is 0.447 e. The number of rotatable bonds is 3. The molecule has 0 aliphatic heterocycles. The first kappa shape index (κ1) is 15.7. The van der Waals surface area contributed by atoms with E-state index in [4.69, 9.17) is 9.15 Å². The lowest BCUT2D eigenvalue weighted by Crippen LogP contribution is -2.37. The molecule has 2 aromatic heterocycles. The highest BCUT2D eigenvalue weighted by Crippen LogP contribution is 2.24. The standard InChI is InChI=1S/C14H16IN3O3/c1-14(2,3)21-13(19)18(9-12-17-6-7-20-12)11-8-16-5-4-10(11)15/h4-8H,9H2,1-3H3. The van der Waals surface area contributed by atoms with Gasteiger partial charge in [-0.1, -0.05) is 0 Å². The zero-order chi connectivity index (χ0) is 15.5. The number of carbonyl (C=O) groups excluding carboxylic acids is 1. The highest BCUT2D eigenvalue weighted by Gasteiger charge is 2.26. The molecular weight excluding hydrogens is 385 g/mol. The van der Waals surface area contributed by atoms with Crippen LogP contribution < -0.4 is 4.90 Å². The third-order valence-electron chi connectivity index (χ3n) is 2.43. The second-order valence-electron chi connectivity index (χ2n) is 5.32. The molecule has 0 unspecified atom stereocenters. The highest BCUT2D eigenvalue weighted by molar-refractivity contribution is 14.1. The molecule has 112 valence electrons. The number of carbonyl (C=O) groups is 1. The van der Waals surface area contributed by atoms with E-state index in [-0.39, 0.29) is 6.54 Å². The van der Waals surface area contributed by atoms with Crippen LogP contribution in [-0.2, 0) is 11.3 Å². The molecule has 6 nitrogen and oxygen atoms in total. The van der Waals surface area contributed by atoms with Crippen LogP contribution in [0.15, 0.2) is 35.3 Å². The van der Waals surface area contributed by atoms with Crippen LogP contribution in [0.1, 0.15) is 26.7 Å². The molecule has 0 N–H and O–H groups in total. The van der Waals surface area contributed by atoms with Crippen molar-refractivity contribution in [3.05, 3.63) is 40.4 Å². The van der Waals surface area contributed by atoms with Crippen molar-refractivity contribution in [2.75, 3.05) is 4.90 Å². The molecule has 0 saturated heterocycles. The Morgan fingerprint density at radius 2 is 2.19 bits per heavy atom. The van der Waals surface area contributed by atoms with Gasteiger partial charge in [0.2, 0.25) is 5.89 Å². The minimum Gasteiger partial charge on any atom is -0.447 e. The Morgan fingerprint density at radius 1 is 1.43 bits per heavy atom. The molecule has 7 heteroatoms. The van der Waals surface area contributed by atoms with Crippen molar-refractivity contribution >= 4 is 34.4 Å². The van der Waals surface area contributed by atoms with E-state index in [1.165, 1.54) is 17.4 Å². The van der Waals surface area contributed by atoms with Crippen molar-refractivity contribution in [1.29, 1.82) is 0 Å². The molecule has 0 aliphatic rings. The lowest BCUT2D eigenvalue weighted by Gasteiger charge is -2.27. The monoisotopic (exact) mass is 401 g/mol. The normalized spacial score (nSPS) is 11.2. The molecule has 0 saturated carbocycles. The van der Waals surface area contributed by atoms with Crippen molar-refractivity contribution in [3.63, 3.8) is 0 Å². The molecule has 0 aliphatic carbocycles. The second kappa shape index (κ2) is 6.42. The number of anilines is 1. The number of hydrogen-bond acceptors (Lipinski definition) is 5. The lowest BCUT2D eigenvalue weighted by atomic mass is 10.2. The number of halogens is 1. The van der Waals surface area contributed by atoms with Gasteiger partial charge in [-0.3, -0.25) is 9.88 Å². The fourth-order valence-electron chi connectivity index (χ4n) is 1.60. The average Bonchev–Trinajstić information content (AvgIpc) is 2.88. The van der Waals surface area contributed by atoms with E-state index < -0.39 is 11.7 Å². The summed E-state index contributed by atoms with van der Waals surface area (Å²) in [5.74, 6) is 0.431. The summed E-state index contributed by atoms with van der Waals surface area (Å²) in [6.45, 7) is 5.65. The first-order valence-electron chi connectivity index (χ1n) is 6.35. The maximum absolute atomic E-state index is 12.4. The zero-order valence-electron chi connectivity index (χ0n) is 12.0. The number of amides is 1. The Hall–Kier alpha value is -1.64. The maximum atomic E-state index is 12.4. The molecule has 0 spiro atoms. The van der Waals surface area contributed by atoms with Crippen LogP contribution in [-0.4, -0.2) is 21.7 Å². The van der Waals surface area contributed by atoms with Crippen LogP contribution in [0.4, 0.5) is 10.5 Å². The van der Waals surface area contributed by atoms with Gasteiger partial charge in [0.15, 0.2) is 0 Å². The molecule has 0 radical (unpaired) electrons. The summed E-state index contributed by atoms with van der Waals surface area (Å²) in [7, 11) is 0. The van der Waals surface area contributed by atoms with Gasteiger partial charge in [0.25, 0.3) is 0 Å². The van der Waals surface area contributed by atoms with E-state index in [0.717, 1.165) is 3.57 Å². The predicted molar refractivity (Wildman–Crippen MR) is 85.9 cm³/mol. The van der Waals surface area contributed by atoms with Gasteiger partial charge in [-0.2, -0.15) is 0 Å². The van der Waals surface area contributed by atoms with Crippen LogP contribution in [0.3, 0.4) is 0 Å². The lowest BCUT2D eigenvalue weighted by molar-refractivity contribution is 0.0574. The number of nitrogens with zero attached hydrogens (tertiary/aromatic N) is 3. The Labute approximate surface area is 136 Å². The fraction of sp³-hybridized carbons (Fsp3) is 0.357. The molecule has 21 heavy (non-hydrogen) atoms. The predicted octanol–water partition coefficient (Wildman–Crippen LogP) is 3.62. The smallest absolute Gasteiger partial charge is 0.415 e. The van der Waals surface area contributed by atoms with Gasteiger partial charge in [0, 0.05) is 9.77 Å². The first-order valence-corrected chi connectivity index (χ1v) is 7.43. The second-order valence-corrected chi connectivity index (χ2v) is 6.48. The summed E-state index contributed by atoms with van der Waals surface area (Å²) in [5, 5.41) is 0. The maximum Gasteiger partial charge on any atom is 0.415 e. The molecule has 2 heterocycles. The summed E-state index contributed by atoms with van der Waals surface area (Å²) >= 11 is 2.15. The first-order chi connectivity index (χ1) is 9.87. The number of pyridine rings is 1. The van der Waals surface area contributed by atoms with Crippen molar-refractivity contribution in [1.82, 2.24) is 9.97 Å². The topological polar surface area (TPSA) is 68.5 Å². The minimum absolute atomic E-state index is 0.184. The molecule has 0 bridgehead atoms. The summed E-state index contributed by atoms with van der Waals surface area (Å²) in [5.41, 5.74) is 0.0742. The molecule has 0 atom stereocenters. The summed E-state index contributed by atoms with van der Waals surface area (Å²) in [6, 6.07) is 1.82. The van der Waals surface area contributed by atoms with Gasteiger partial charge in [0.05, 0.1) is 18.1 Å². The van der Waals surface area contributed by atoms with Gasteiger partial charge in [-0.25, -0.2) is 9.78 Å². The van der Waals surface area contributed by atoms with E-state index in [9.17, 15) is 4.79 Å². The molecule has 1 amide bonds. The van der Waals surface area contributed by atoms with E-state index in [1.807, 2.05) is 26.8 Å². The summed E-state index contributed by atoms with van der Waals surface area (Å²) in [6.07, 6.45) is 5.83. The highest BCUT2D eigenvalue weighted by atomic mass is 127. The van der Waals surface area contributed by atoms with Crippen LogP contribution >= 0.6 is 22.6 Å². The van der Waals surface area contributed by atoms with Gasteiger partial charge in [-0.05, 0) is 49.4 Å². The molecule has 0 aromatic carbocycles. The van der Waals surface area contributed by atoms with Crippen LogP contribution in [0, 0.1) is 3.57 Å². The van der Waals surface area contributed by atoms with Crippen molar-refractivity contribution in [3.8, 4) is 0 Å². The van der Waals surface area contributed by atoms with Crippen LogP contribution in [0.25, 0.3) is 0 Å². The number of hydrogen-bond donors (Lipinski definition) is 0. The van der Waals surface area contributed by atoms with Gasteiger partial charge in [-0.15, -0.1) is 0 Å². The van der Waals surface area contributed by atoms with Gasteiger partial charge < -0.3 is 9.15 Å². The summed E-state index contributed by atoms with van der Waals surface area (Å²) in [4.78, 5) is 22.0. The van der Waals surface area contributed by atoms with E-state index >= 15 is 0 Å². The SMILES string of the molecule is CC(C)(C)OC(=O)N(Cc1ncco1)c1cnccc1I. The Morgan fingerprint density at radius 3 is 2.76 bits per heavy atom. The molecular formula is C14H16IN3O3. The number of ether oxygens (including phenoxy) is 1. The minimum atomic E-state index is -0.584. The van der Waals surface area contributed by atoms with Crippen LogP contribution in [0.5, 0.6) is 0 Å². The van der Waals surface area contributed by atoms with Crippen molar-refractivity contribution in [2.45, 2.75) is 32.9 Å². The summed E-state index contributed by atoms with van der Waals surface area (Å²) < 4.78 is 11.6. The Balaban J connectivity index is 2.30. The Kier molecular flexibility index (Phi) is 4.81. The third-order valence-corrected chi connectivity index (χ3v) is 3.34. The van der Waals surface area contributed by atoms with Gasteiger partial charge >= 0.3 is 6.09 Å². The van der Waals surface area contributed by atoms with E-state index in [0.29, 0.717) is 11.6 Å². The van der Waals surface area contributed by atoms with Crippen molar-refractivity contribution < 1.29 is 13.9 Å². The fourth-order valence-corrected chi connectivity index (χ4v) is 2.19. The van der Waals surface area contributed by atoms with Gasteiger partial charge in [0.1, 0.15) is 18.4 Å². The number of oxazole rings is 1. The third kappa shape index (κ3) is 4.42. The average molecular weight is 401 g/mol. The van der Waals surface area contributed by atoms with Crippen molar-refractivity contribution in [2.24, 2.45) is 0 Å². The number of aromatic nitrogens is 2. The quantitative estimate of drug-likeness (QED) is 0.735. The van der Waals surface area contributed by atoms with Crippen LogP contribution in [0.2, 0.25) is 0 Å². The molecule has 0 fully saturated rings. The van der Waals surface area contributed by atoms with E-state index in [2.05, 4.69) is 32.6 Å². The molecule has 2 aromatic rings. The van der Waals surface area contributed by atoms with E-state index in [1.54, 1.807) is 12.4 Å².